The number of ketones is 1. The second-order valence-corrected chi connectivity index (χ2v) is 9.98. The Bertz CT molecular complexity index is 1180. The van der Waals surface area contributed by atoms with Gasteiger partial charge in [0.15, 0.2) is 23.1 Å². The summed E-state index contributed by atoms with van der Waals surface area (Å²) in [6, 6.07) is 5.56. The third-order valence-electron chi connectivity index (χ3n) is 6.80. The van der Waals surface area contributed by atoms with Crippen LogP contribution in [0.4, 0.5) is 0 Å². The van der Waals surface area contributed by atoms with Crippen LogP contribution in [-0.2, 0) is 12.5 Å². The second-order valence-electron chi connectivity index (χ2n) is 8.91. The minimum absolute atomic E-state index is 0. The van der Waals surface area contributed by atoms with Gasteiger partial charge in [-0.25, -0.2) is 4.98 Å². The molecular formula is C23H28ClN5O3S. The first-order chi connectivity index (χ1) is 15.4. The van der Waals surface area contributed by atoms with Crippen LogP contribution < -0.4 is 0 Å². The number of likely N-dealkylation sites (tertiary alicyclic amines) is 1. The van der Waals surface area contributed by atoms with Gasteiger partial charge in [0.1, 0.15) is 5.75 Å². The first-order valence-electron chi connectivity index (χ1n) is 10.9. The number of hydrogen-bond donors (Lipinski definition) is 1. The molecule has 2 aliphatic rings. The van der Waals surface area contributed by atoms with Crippen LogP contribution >= 0.6 is 24.2 Å². The summed E-state index contributed by atoms with van der Waals surface area (Å²) in [5.74, 6) is 2.95. The number of Topliss-reactive ketones (excluding diaryl/α,β-unsaturated/α-hetero) is 1. The number of oxazole rings is 1. The first kappa shape index (κ1) is 23.8. The predicted molar refractivity (Wildman–Crippen MR) is 128 cm³/mol. The van der Waals surface area contributed by atoms with Gasteiger partial charge in [0.2, 0.25) is 5.82 Å². The minimum atomic E-state index is -0.0877. The number of hydrogen-bond acceptors (Lipinski definition) is 8. The van der Waals surface area contributed by atoms with E-state index < -0.39 is 0 Å². The average Bonchev–Trinajstić information content (AvgIpc) is 3.06. The Balaban J connectivity index is 0.00000259. The lowest BCUT2D eigenvalue weighted by molar-refractivity contribution is 0.101. The molecule has 2 fully saturated rings. The van der Waals surface area contributed by atoms with E-state index in [1.165, 1.54) is 25.3 Å². The third kappa shape index (κ3) is 4.29. The molecule has 1 aliphatic carbocycles. The number of phenolic OH excluding ortho intramolecular Hbond substituents is 1. The molecule has 1 saturated heterocycles. The molecule has 5 rings (SSSR count). The Morgan fingerprint density at radius 3 is 2.91 bits per heavy atom. The molecule has 1 aliphatic heterocycles. The maximum absolute atomic E-state index is 11.8. The number of benzene rings is 1. The van der Waals surface area contributed by atoms with Gasteiger partial charge in [-0.1, -0.05) is 17.8 Å². The number of phenols is 1. The van der Waals surface area contributed by atoms with Gasteiger partial charge in [-0.15, -0.1) is 22.6 Å². The number of carbonyl (C=O) groups is 1. The highest BCUT2D eigenvalue weighted by Crippen LogP contribution is 2.59. The number of aromatic nitrogens is 4. The lowest BCUT2D eigenvalue weighted by atomic mass is 9.92. The predicted octanol–water partition coefficient (Wildman–Crippen LogP) is 3.86. The van der Waals surface area contributed by atoms with Crippen LogP contribution in [0.1, 0.15) is 41.4 Å². The maximum Gasteiger partial charge on any atom is 0.202 e. The van der Waals surface area contributed by atoms with Crippen molar-refractivity contribution in [2.24, 2.45) is 13.0 Å². The SMILES string of the molecule is CC(=O)c1cc([C@@]23C[C@@H]2CN(CCCSc2nnc(-c4ocnc4C)n2C)C3)ccc1O.Cl. The number of aryl methyl sites for hydroxylation is 1. The summed E-state index contributed by atoms with van der Waals surface area (Å²) >= 11 is 1.70. The molecule has 1 N–H and O–H groups in total. The molecule has 0 bridgehead atoms. The standard InChI is InChI=1S/C23H27N5O3S.ClH/c1-14-20(31-13-24-14)21-25-26-22(27(21)3)32-8-4-7-28-11-17-10-23(17,12-28)16-5-6-19(30)18(9-16)15(2)29;/h5-6,9,13,17,30H,4,7-8,10-12H2,1-3H3;1H/t17-,23+;/m1./s1. The summed E-state index contributed by atoms with van der Waals surface area (Å²) < 4.78 is 7.40. The van der Waals surface area contributed by atoms with Gasteiger partial charge in [-0.2, -0.15) is 0 Å². The van der Waals surface area contributed by atoms with Crippen molar-refractivity contribution in [3.8, 4) is 17.3 Å². The zero-order valence-corrected chi connectivity index (χ0v) is 20.6. The molecule has 2 aromatic heterocycles. The van der Waals surface area contributed by atoms with E-state index in [9.17, 15) is 9.90 Å². The summed E-state index contributed by atoms with van der Waals surface area (Å²) in [7, 11) is 1.95. The smallest absolute Gasteiger partial charge is 0.202 e. The number of rotatable bonds is 8. The number of aromatic hydroxyl groups is 1. The number of carbonyl (C=O) groups excluding carboxylic acids is 1. The monoisotopic (exact) mass is 489 g/mol. The first-order valence-corrected chi connectivity index (χ1v) is 11.9. The van der Waals surface area contributed by atoms with Crippen LogP contribution in [-0.4, -0.2) is 60.9 Å². The zero-order chi connectivity index (χ0) is 22.5. The van der Waals surface area contributed by atoms with Crippen molar-refractivity contribution in [2.75, 3.05) is 25.4 Å². The van der Waals surface area contributed by atoms with E-state index in [2.05, 4.69) is 20.1 Å². The Hall–Kier alpha value is -2.36. The van der Waals surface area contributed by atoms with Gasteiger partial charge in [0.05, 0.1) is 11.3 Å². The second kappa shape index (κ2) is 9.12. The lowest BCUT2D eigenvalue weighted by Crippen LogP contribution is -2.28. The molecule has 176 valence electrons. The fourth-order valence-corrected chi connectivity index (χ4v) is 5.77. The summed E-state index contributed by atoms with van der Waals surface area (Å²) in [4.78, 5) is 18.5. The highest BCUT2D eigenvalue weighted by molar-refractivity contribution is 7.99. The van der Waals surface area contributed by atoms with E-state index in [1.54, 1.807) is 17.8 Å². The van der Waals surface area contributed by atoms with Gasteiger partial charge < -0.3 is 19.0 Å². The van der Waals surface area contributed by atoms with Crippen LogP contribution in [0.2, 0.25) is 0 Å². The minimum Gasteiger partial charge on any atom is -0.507 e. The van der Waals surface area contributed by atoms with E-state index in [-0.39, 0.29) is 29.4 Å². The van der Waals surface area contributed by atoms with Crippen LogP contribution in [0.25, 0.3) is 11.6 Å². The van der Waals surface area contributed by atoms with Gasteiger partial charge in [-0.3, -0.25) is 4.79 Å². The zero-order valence-electron chi connectivity index (χ0n) is 18.9. The fraction of sp³-hybridized carbons (Fsp3) is 0.478. The van der Waals surface area contributed by atoms with Crippen molar-refractivity contribution in [3.63, 3.8) is 0 Å². The average molecular weight is 490 g/mol. The van der Waals surface area contributed by atoms with Crippen molar-refractivity contribution in [2.45, 2.75) is 37.3 Å². The summed E-state index contributed by atoms with van der Waals surface area (Å²) in [5, 5.41) is 19.4. The van der Waals surface area contributed by atoms with E-state index >= 15 is 0 Å². The Kier molecular flexibility index (Phi) is 6.57. The van der Waals surface area contributed by atoms with E-state index in [0.717, 1.165) is 42.7 Å². The number of nitrogens with zero attached hydrogens (tertiary/aromatic N) is 5. The molecule has 3 aromatic rings. The molecule has 0 unspecified atom stereocenters. The molecule has 0 spiro atoms. The van der Waals surface area contributed by atoms with Gasteiger partial charge in [0.25, 0.3) is 0 Å². The number of piperidine rings is 1. The largest absolute Gasteiger partial charge is 0.507 e. The highest BCUT2D eigenvalue weighted by Gasteiger charge is 2.60. The molecule has 3 heterocycles. The van der Waals surface area contributed by atoms with Crippen LogP contribution in [0.15, 0.2) is 34.2 Å². The van der Waals surface area contributed by atoms with E-state index in [1.807, 2.05) is 30.7 Å². The number of fused-ring (bicyclic) bond motifs is 1. The van der Waals surface area contributed by atoms with Gasteiger partial charge >= 0.3 is 0 Å². The van der Waals surface area contributed by atoms with Crippen molar-refractivity contribution < 1.29 is 14.3 Å². The Labute approximate surface area is 203 Å². The summed E-state index contributed by atoms with van der Waals surface area (Å²) in [6.45, 7) is 6.55. The lowest BCUT2D eigenvalue weighted by Gasteiger charge is -2.21. The summed E-state index contributed by atoms with van der Waals surface area (Å²) in [5.41, 5.74) is 2.58. The fourth-order valence-electron chi connectivity index (χ4n) is 4.94. The maximum atomic E-state index is 11.8. The Morgan fingerprint density at radius 2 is 2.18 bits per heavy atom. The number of halogens is 1. The normalized spacial score (nSPS) is 21.6. The van der Waals surface area contributed by atoms with Crippen molar-refractivity contribution in [3.05, 3.63) is 41.4 Å². The van der Waals surface area contributed by atoms with Gasteiger partial charge in [-0.05, 0) is 56.8 Å². The molecule has 1 saturated carbocycles. The van der Waals surface area contributed by atoms with E-state index in [0.29, 0.717) is 23.1 Å². The molecular weight excluding hydrogens is 462 g/mol. The van der Waals surface area contributed by atoms with Crippen LogP contribution in [0, 0.1) is 12.8 Å². The molecule has 33 heavy (non-hydrogen) atoms. The van der Waals surface area contributed by atoms with E-state index in [4.69, 9.17) is 4.42 Å². The molecule has 0 amide bonds. The van der Waals surface area contributed by atoms with Crippen LogP contribution in [0.3, 0.4) is 0 Å². The molecule has 0 radical (unpaired) electrons. The van der Waals surface area contributed by atoms with Crippen molar-refractivity contribution in [1.29, 1.82) is 0 Å². The van der Waals surface area contributed by atoms with Crippen LogP contribution in [0.5, 0.6) is 5.75 Å². The Morgan fingerprint density at radius 1 is 1.36 bits per heavy atom. The van der Waals surface area contributed by atoms with Gasteiger partial charge in [0, 0.05) is 31.3 Å². The topological polar surface area (TPSA) is 97.3 Å². The highest BCUT2D eigenvalue weighted by atomic mass is 35.5. The quantitative estimate of drug-likeness (QED) is 0.289. The summed E-state index contributed by atoms with van der Waals surface area (Å²) in [6.07, 6.45) is 3.66. The molecule has 2 atom stereocenters. The van der Waals surface area contributed by atoms with Crippen molar-refractivity contribution >= 4 is 30.0 Å². The van der Waals surface area contributed by atoms with Crippen molar-refractivity contribution in [1.82, 2.24) is 24.6 Å². The number of thioether (sulfide) groups is 1. The third-order valence-corrected chi connectivity index (χ3v) is 7.91. The molecule has 10 heteroatoms. The molecule has 1 aromatic carbocycles. The molecule has 8 nitrogen and oxygen atoms in total.